The van der Waals surface area contributed by atoms with Gasteiger partial charge in [-0.2, -0.15) is 0 Å². The Hall–Kier alpha value is -4.25. The second-order valence-electron chi connectivity index (χ2n) is 8.53. The molecule has 1 atom stereocenters. The summed E-state index contributed by atoms with van der Waals surface area (Å²) in [5, 5.41) is 6.06. The van der Waals surface area contributed by atoms with Gasteiger partial charge in [-0.25, -0.2) is 0 Å². The van der Waals surface area contributed by atoms with Crippen LogP contribution in [0.5, 0.6) is 0 Å². The summed E-state index contributed by atoms with van der Waals surface area (Å²) in [5.41, 5.74) is 5.45. The highest BCUT2D eigenvalue weighted by molar-refractivity contribution is 6.01. The van der Waals surface area contributed by atoms with Crippen molar-refractivity contribution in [2.24, 2.45) is 0 Å². The molecular formula is C31H33N3O2. The van der Waals surface area contributed by atoms with E-state index in [2.05, 4.69) is 22.5 Å². The van der Waals surface area contributed by atoms with Crippen LogP contribution in [0.15, 0.2) is 103 Å². The Kier molecular flexibility index (Phi) is 9.52. The SMILES string of the molecule is C.C[C@H](CC(=O)NCc1ccccc1-c1ccccc1C(=O)NCc1ccncc1)c1ccccc1. The van der Waals surface area contributed by atoms with E-state index in [0.29, 0.717) is 25.1 Å². The molecule has 36 heavy (non-hydrogen) atoms. The van der Waals surface area contributed by atoms with Crippen molar-refractivity contribution in [1.29, 1.82) is 0 Å². The Morgan fingerprint density at radius 3 is 2.14 bits per heavy atom. The van der Waals surface area contributed by atoms with Gasteiger partial charge in [0.1, 0.15) is 0 Å². The molecule has 2 amide bonds. The number of nitrogens with one attached hydrogen (secondary N) is 2. The molecule has 0 saturated carbocycles. The minimum absolute atomic E-state index is 0. The molecular weight excluding hydrogens is 446 g/mol. The average Bonchev–Trinajstić information content (AvgIpc) is 2.92. The van der Waals surface area contributed by atoms with Gasteiger partial charge in [0.05, 0.1) is 0 Å². The van der Waals surface area contributed by atoms with Gasteiger partial charge in [0.2, 0.25) is 5.91 Å². The third kappa shape index (κ3) is 6.89. The van der Waals surface area contributed by atoms with Crippen molar-refractivity contribution in [3.63, 3.8) is 0 Å². The van der Waals surface area contributed by atoms with Crippen LogP contribution >= 0.6 is 0 Å². The summed E-state index contributed by atoms with van der Waals surface area (Å²) in [7, 11) is 0. The minimum atomic E-state index is -0.145. The summed E-state index contributed by atoms with van der Waals surface area (Å²) in [6.07, 6.45) is 3.83. The zero-order valence-electron chi connectivity index (χ0n) is 19.8. The van der Waals surface area contributed by atoms with E-state index < -0.39 is 0 Å². The smallest absolute Gasteiger partial charge is 0.252 e. The van der Waals surface area contributed by atoms with Gasteiger partial charge in [0, 0.05) is 37.5 Å². The molecule has 3 aromatic carbocycles. The third-order valence-corrected chi connectivity index (χ3v) is 6.02. The highest BCUT2D eigenvalue weighted by Crippen LogP contribution is 2.27. The van der Waals surface area contributed by atoms with Gasteiger partial charge in [0.15, 0.2) is 0 Å². The molecule has 184 valence electrons. The Labute approximate surface area is 213 Å². The Balaban J connectivity index is 0.00000361. The van der Waals surface area contributed by atoms with Crippen LogP contribution in [0, 0.1) is 0 Å². The van der Waals surface area contributed by atoms with Crippen molar-refractivity contribution in [3.05, 3.63) is 126 Å². The Morgan fingerprint density at radius 2 is 1.39 bits per heavy atom. The molecule has 0 radical (unpaired) electrons. The summed E-state index contributed by atoms with van der Waals surface area (Å²) in [4.78, 5) is 29.7. The van der Waals surface area contributed by atoms with E-state index in [4.69, 9.17) is 0 Å². The molecule has 0 unspecified atom stereocenters. The number of carbonyl (C=O) groups is 2. The van der Waals surface area contributed by atoms with Crippen molar-refractivity contribution in [3.8, 4) is 11.1 Å². The monoisotopic (exact) mass is 479 g/mol. The Morgan fingerprint density at radius 1 is 0.750 bits per heavy atom. The lowest BCUT2D eigenvalue weighted by molar-refractivity contribution is -0.121. The maximum atomic E-state index is 13.0. The minimum Gasteiger partial charge on any atom is -0.352 e. The number of hydrogen-bond acceptors (Lipinski definition) is 3. The third-order valence-electron chi connectivity index (χ3n) is 6.02. The van der Waals surface area contributed by atoms with Gasteiger partial charge in [0.25, 0.3) is 5.91 Å². The van der Waals surface area contributed by atoms with E-state index in [1.165, 1.54) is 0 Å². The molecule has 4 aromatic rings. The van der Waals surface area contributed by atoms with Crippen molar-refractivity contribution >= 4 is 11.8 Å². The van der Waals surface area contributed by atoms with Crippen molar-refractivity contribution in [1.82, 2.24) is 15.6 Å². The van der Waals surface area contributed by atoms with Crippen molar-refractivity contribution in [2.45, 2.75) is 39.8 Å². The average molecular weight is 480 g/mol. The van der Waals surface area contributed by atoms with Crippen molar-refractivity contribution < 1.29 is 9.59 Å². The van der Waals surface area contributed by atoms with Gasteiger partial charge < -0.3 is 10.6 Å². The lowest BCUT2D eigenvalue weighted by atomic mass is 9.94. The number of rotatable bonds is 9. The zero-order chi connectivity index (χ0) is 24.5. The number of amides is 2. The fraction of sp³-hybridized carbons (Fsp3) is 0.194. The van der Waals surface area contributed by atoms with Crippen LogP contribution in [0.4, 0.5) is 0 Å². The molecule has 4 rings (SSSR count). The largest absolute Gasteiger partial charge is 0.352 e. The lowest BCUT2D eigenvalue weighted by Gasteiger charge is -2.16. The zero-order valence-corrected chi connectivity index (χ0v) is 19.8. The predicted molar refractivity (Wildman–Crippen MR) is 145 cm³/mol. The maximum Gasteiger partial charge on any atom is 0.252 e. The van der Waals surface area contributed by atoms with Crippen LogP contribution in [0.25, 0.3) is 11.1 Å². The molecule has 0 spiro atoms. The summed E-state index contributed by atoms with van der Waals surface area (Å²) in [5.74, 6) is -0.0104. The van der Waals surface area contributed by atoms with E-state index >= 15 is 0 Å². The molecule has 0 saturated heterocycles. The molecule has 1 heterocycles. The highest BCUT2D eigenvalue weighted by Gasteiger charge is 2.16. The van der Waals surface area contributed by atoms with E-state index in [-0.39, 0.29) is 25.2 Å². The first-order valence-corrected chi connectivity index (χ1v) is 11.8. The Bertz CT molecular complexity index is 1270. The lowest BCUT2D eigenvalue weighted by Crippen LogP contribution is -2.25. The number of hydrogen-bond donors (Lipinski definition) is 2. The molecule has 0 aliphatic rings. The molecule has 0 fully saturated rings. The number of nitrogens with zero attached hydrogens (tertiary/aromatic N) is 1. The van der Waals surface area contributed by atoms with Crippen LogP contribution in [0.3, 0.4) is 0 Å². The number of benzene rings is 3. The molecule has 0 bridgehead atoms. The van der Waals surface area contributed by atoms with Crippen LogP contribution in [0.1, 0.15) is 53.7 Å². The van der Waals surface area contributed by atoms with Crippen LogP contribution in [0.2, 0.25) is 0 Å². The number of aromatic nitrogens is 1. The van der Waals surface area contributed by atoms with Gasteiger partial charge >= 0.3 is 0 Å². The molecule has 0 aliphatic heterocycles. The van der Waals surface area contributed by atoms with Crippen LogP contribution in [-0.4, -0.2) is 16.8 Å². The number of carbonyl (C=O) groups excluding carboxylic acids is 2. The molecule has 2 N–H and O–H groups in total. The predicted octanol–water partition coefficient (Wildman–Crippen LogP) is 6.12. The van der Waals surface area contributed by atoms with Gasteiger partial charge in [-0.1, -0.05) is 87.1 Å². The maximum absolute atomic E-state index is 13.0. The van der Waals surface area contributed by atoms with Gasteiger partial charge in [-0.05, 0) is 51.9 Å². The van der Waals surface area contributed by atoms with Crippen LogP contribution < -0.4 is 10.6 Å². The molecule has 5 heteroatoms. The second kappa shape index (κ2) is 13.0. The summed E-state index contributed by atoms with van der Waals surface area (Å²) < 4.78 is 0. The highest BCUT2D eigenvalue weighted by atomic mass is 16.2. The fourth-order valence-corrected chi connectivity index (χ4v) is 4.07. The van der Waals surface area contributed by atoms with Crippen molar-refractivity contribution in [2.75, 3.05) is 0 Å². The summed E-state index contributed by atoms with van der Waals surface area (Å²) in [6.45, 7) is 2.88. The summed E-state index contributed by atoms with van der Waals surface area (Å²) >= 11 is 0. The molecule has 5 nitrogen and oxygen atoms in total. The van der Waals surface area contributed by atoms with Gasteiger partial charge in [-0.3, -0.25) is 14.6 Å². The van der Waals surface area contributed by atoms with E-state index in [1.807, 2.05) is 91.0 Å². The number of pyridine rings is 1. The normalized spacial score (nSPS) is 11.1. The first-order valence-electron chi connectivity index (χ1n) is 11.8. The van der Waals surface area contributed by atoms with Crippen LogP contribution in [-0.2, 0) is 17.9 Å². The quantitative estimate of drug-likeness (QED) is 0.304. The van der Waals surface area contributed by atoms with Gasteiger partial charge in [-0.15, -0.1) is 0 Å². The standard InChI is InChI=1S/C30H29N3O2.CH4/c1-22(24-9-3-2-4-10-24)19-29(34)32-21-25-11-5-6-12-26(25)27-13-7-8-14-28(27)30(35)33-20-23-15-17-31-18-16-23;/h2-18,22H,19-21H2,1H3,(H,32,34)(H,33,35);1H4/t22-;/m1./s1. The topological polar surface area (TPSA) is 71.1 Å². The van der Waals surface area contributed by atoms with E-state index in [0.717, 1.165) is 27.8 Å². The molecule has 0 aliphatic carbocycles. The second-order valence-corrected chi connectivity index (χ2v) is 8.53. The van der Waals surface area contributed by atoms with E-state index in [1.54, 1.807) is 12.4 Å². The first kappa shape index (κ1) is 26.4. The van der Waals surface area contributed by atoms with E-state index in [9.17, 15) is 9.59 Å². The summed E-state index contributed by atoms with van der Waals surface area (Å²) in [6, 6.07) is 29.2. The first-order chi connectivity index (χ1) is 17.1. The fourth-order valence-electron chi connectivity index (χ4n) is 4.07. The molecule has 1 aromatic heterocycles.